The summed E-state index contributed by atoms with van der Waals surface area (Å²) in [6.45, 7) is 0.564. The van der Waals surface area contributed by atoms with Crippen LogP contribution < -0.4 is 16.0 Å². The van der Waals surface area contributed by atoms with Gasteiger partial charge in [-0.1, -0.05) is 36.4 Å². The summed E-state index contributed by atoms with van der Waals surface area (Å²) in [6.07, 6.45) is -7.33. The van der Waals surface area contributed by atoms with E-state index < -0.39 is 42.2 Å². The van der Waals surface area contributed by atoms with Crippen molar-refractivity contribution in [1.82, 2.24) is 10.6 Å². The Morgan fingerprint density at radius 1 is 1.00 bits per heavy atom. The highest BCUT2D eigenvalue weighted by atomic mass is 19.4. The van der Waals surface area contributed by atoms with Gasteiger partial charge in [-0.25, -0.2) is 9.59 Å². The first-order chi connectivity index (χ1) is 15.8. The van der Waals surface area contributed by atoms with Crippen LogP contribution in [0.15, 0.2) is 54.6 Å². The Labute approximate surface area is 187 Å². The lowest BCUT2D eigenvalue weighted by molar-refractivity contribution is -0.137. The van der Waals surface area contributed by atoms with Crippen molar-refractivity contribution in [2.24, 2.45) is 0 Å². The summed E-state index contributed by atoms with van der Waals surface area (Å²) in [5.74, 6) is 0. The molecule has 2 saturated heterocycles. The van der Waals surface area contributed by atoms with E-state index in [0.29, 0.717) is 6.54 Å². The monoisotopic (exact) mass is 465 g/mol. The van der Waals surface area contributed by atoms with E-state index in [0.717, 1.165) is 17.7 Å². The first-order valence-electron chi connectivity index (χ1n) is 10.3. The topological polar surface area (TPSA) is 97.9 Å². The third-order valence-corrected chi connectivity index (χ3v) is 5.32. The molecule has 0 bridgehead atoms. The summed E-state index contributed by atoms with van der Waals surface area (Å²) < 4.78 is 55.1. The number of ether oxygens (including phenoxy) is 3. The average Bonchev–Trinajstić information content (AvgIpc) is 3.36. The average molecular weight is 465 g/mol. The number of hydrogen-bond donors (Lipinski definition) is 3. The van der Waals surface area contributed by atoms with Crippen LogP contribution in [0.4, 0.5) is 28.4 Å². The lowest BCUT2D eigenvalue weighted by Gasteiger charge is -2.18. The van der Waals surface area contributed by atoms with Crippen LogP contribution in [-0.4, -0.2) is 49.7 Å². The maximum atomic E-state index is 12.8. The Kier molecular flexibility index (Phi) is 6.70. The van der Waals surface area contributed by atoms with Crippen molar-refractivity contribution >= 4 is 17.8 Å². The minimum absolute atomic E-state index is 0.0369. The van der Waals surface area contributed by atoms with Crippen molar-refractivity contribution in [3.63, 3.8) is 0 Å². The van der Waals surface area contributed by atoms with Crippen LogP contribution in [0.3, 0.4) is 0 Å². The number of amides is 3. The van der Waals surface area contributed by atoms with Crippen LogP contribution in [0.5, 0.6) is 0 Å². The van der Waals surface area contributed by atoms with Gasteiger partial charge in [-0.2, -0.15) is 13.2 Å². The normalized spacial score (nSPS) is 24.1. The van der Waals surface area contributed by atoms with Crippen LogP contribution in [0.1, 0.15) is 11.1 Å². The summed E-state index contributed by atoms with van der Waals surface area (Å²) in [4.78, 5) is 24.4. The zero-order chi connectivity index (χ0) is 23.4. The lowest BCUT2D eigenvalue weighted by atomic mass is 10.1. The smallest absolute Gasteiger partial charge is 0.416 e. The van der Waals surface area contributed by atoms with Gasteiger partial charge in [0, 0.05) is 12.2 Å². The minimum Gasteiger partial charge on any atom is -0.441 e. The Hall–Kier alpha value is -3.31. The molecule has 2 heterocycles. The minimum atomic E-state index is -4.53. The molecule has 2 aliphatic rings. The summed E-state index contributed by atoms with van der Waals surface area (Å²) >= 11 is 0. The molecule has 2 aromatic rings. The van der Waals surface area contributed by atoms with Gasteiger partial charge in [0.15, 0.2) is 6.10 Å². The molecule has 176 valence electrons. The van der Waals surface area contributed by atoms with Crippen LogP contribution >= 0.6 is 0 Å². The molecule has 4 atom stereocenters. The molecule has 0 spiro atoms. The van der Waals surface area contributed by atoms with E-state index in [9.17, 15) is 22.8 Å². The Balaban J connectivity index is 1.26. The zero-order valence-electron chi connectivity index (χ0n) is 17.3. The fraction of sp³-hybridized carbons (Fsp3) is 0.364. The fourth-order valence-electron chi connectivity index (χ4n) is 3.74. The van der Waals surface area contributed by atoms with Crippen molar-refractivity contribution < 1.29 is 37.0 Å². The second-order valence-corrected chi connectivity index (χ2v) is 7.66. The molecule has 33 heavy (non-hydrogen) atoms. The molecule has 8 nitrogen and oxygen atoms in total. The highest BCUT2D eigenvalue weighted by molar-refractivity contribution is 5.84. The molecule has 3 N–H and O–H groups in total. The van der Waals surface area contributed by atoms with Crippen molar-refractivity contribution in [2.75, 3.05) is 18.5 Å². The largest absolute Gasteiger partial charge is 0.441 e. The Bertz CT molecular complexity index is 989. The van der Waals surface area contributed by atoms with Crippen LogP contribution in [0.25, 0.3) is 0 Å². The summed E-state index contributed by atoms with van der Waals surface area (Å²) in [7, 11) is 0. The van der Waals surface area contributed by atoms with E-state index in [1.165, 1.54) is 12.1 Å². The molecule has 2 aromatic carbocycles. The quantitative estimate of drug-likeness (QED) is 0.630. The number of alkyl halides is 3. The van der Waals surface area contributed by atoms with E-state index >= 15 is 0 Å². The molecular weight excluding hydrogens is 443 g/mol. The number of hydrogen-bond acceptors (Lipinski definition) is 5. The number of benzene rings is 2. The standard InChI is InChI=1S/C22H22F3N3O5/c23-22(24,25)14-7-4-8-15(9-14)27-21(30)33-17-12-32-18-16(11-31-19(17)18)28-20(29)26-10-13-5-2-1-3-6-13/h1-9,16-19H,10-12H2,(H,27,30)(H2,26,28,29). The summed E-state index contributed by atoms with van der Waals surface area (Å²) in [5.41, 5.74) is 0.0148. The van der Waals surface area contributed by atoms with Gasteiger partial charge in [0.1, 0.15) is 12.2 Å². The van der Waals surface area contributed by atoms with E-state index in [4.69, 9.17) is 14.2 Å². The molecule has 4 unspecified atom stereocenters. The van der Waals surface area contributed by atoms with E-state index in [2.05, 4.69) is 16.0 Å². The highest BCUT2D eigenvalue weighted by Crippen LogP contribution is 2.31. The van der Waals surface area contributed by atoms with Gasteiger partial charge >= 0.3 is 18.3 Å². The lowest BCUT2D eigenvalue weighted by Crippen LogP contribution is -2.48. The van der Waals surface area contributed by atoms with Crippen molar-refractivity contribution in [1.29, 1.82) is 0 Å². The number of nitrogens with one attached hydrogen (secondary N) is 3. The van der Waals surface area contributed by atoms with Crippen molar-refractivity contribution in [2.45, 2.75) is 37.1 Å². The van der Waals surface area contributed by atoms with Crippen LogP contribution in [0, 0.1) is 0 Å². The highest BCUT2D eigenvalue weighted by Gasteiger charge is 2.50. The number of urea groups is 1. The molecule has 4 rings (SSSR count). The number of halogens is 3. The molecule has 3 amide bonds. The van der Waals surface area contributed by atoms with Crippen molar-refractivity contribution in [3.05, 3.63) is 65.7 Å². The molecule has 2 aliphatic heterocycles. The fourth-order valence-corrected chi connectivity index (χ4v) is 3.74. The van der Waals surface area contributed by atoms with Gasteiger partial charge in [0.2, 0.25) is 0 Å². The Morgan fingerprint density at radius 2 is 1.76 bits per heavy atom. The first kappa shape index (κ1) is 22.9. The third-order valence-electron chi connectivity index (χ3n) is 5.32. The predicted octanol–water partition coefficient (Wildman–Crippen LogP) is 3.29. The molecule has 0 aromatic heterocycles. The van der Waals surface area contributed by atoms with Crippen LogP contribution in [-0.2, 0) is 26.9 Å². The van der Waals surface area contributed by atoms with Gasteiger partial charge in [-0.15, -0.1) is 0 Å². The summed E-state index contributed by atoms with van der Waals surface area (Å²) in [6, 6.07) is 12.8. The third kappa shape index (κ3) is 5.74. The van der Waals surface area contributed by atoms with E-state index in [-0.39, 0.29) is 24.9 Å². The number of carbonyl (C=O) groups excluding carboxylic acids is 2. The molecule has 0 aliphatic carbocycles. The SMILES string of the molecule is O=C(NCc1ccccc1)NC1COC2C(OC(=O)Nc3cccc(C(F)(F)F)c3)COC12. The number of anilines is 1. The van der Waals surface area contributed by atoms with E-state index in [1.807, 2.05) is 30.3 Å². The molecule has 2 fully saturated rings. The maximum absolute atomic E-state index is 12.8. The van der Waals surface area contributed by atoms with Gasteiger partial charge in [-0.05, 0) is 23.8 Å². The predicted molar refractivity (Wildman–Crippen MR) is 110 cm³/mol. The van der Waals surface area contributed by atoms with Crippen LogP contribution in [0.2, 0.25) is 0 Å². The Morgan fingerprint density at radius 3 is 2.52 bits per heavy atom. The molecule has 0 radical (unpaired) electrons. The second-order valence-electron chi connectivity index (χ2n) is 7.66. The number of carbonyl (C=O) groups is 2. The second kappa shape index (κ2) is 9.67. The van der Waals surface area contributed by atoms with Gasteiger partial charge in [0.05, 0.1) is 24.8 Å². The molecular formula is C22H22F3N3O5. The zero-order valence-corrected chi connectivity index (χ0v) is 17.3. The molecule has 0 saturated carbocycles. The van der Waals surface area contributed by atoms with Gasteiger partial charge in [-0.3, -0.25) is 5.32 Å². The number of rotatable bonds is 5. The number of fused-ring (bicyclic) bond motifs is 1. The van der Waals surface area contributed by atoms with Gasteiger partial charge in [0.25, 0.3) is 0 Å². The first-order valence-corrected chi connectivity index (χ1v) is 10.3. The molecule has 11 heteroatoms. The van der Waals surface area contributed by atoms with Crippen molar-refractivity contribution in [3.8, 4) is 0 Å². The van der Waals surface area contributed by atoms with Gasteiger partial charge < -0.3 is 24.8 Å². The van der Waals surface area contributed by atoms with E-state index in [1.54, 1.807) is 0 Å². The summed E-state index contributed by atoms with van der Waals surface area (Å²) in [5, 5.41) is 7.83. The maximum Gasteiger partial charge on any atom is 0.416 e.